The lowest BCUT2D eigenvalue weighted by molar-refractivity contribution is -0.123. The van der Waals surface area contributed by atoms with Gasteiger partial charge in [0, 0.05) is 123 Å². The zero-order chi connectivity index (χ0) is 71.3. The van der Waals surface area contributed by atoms with Crippen LogP contribution in [-0.4, -0.2) is 115 Å². The van der Waals surface area contributed by atoms with Gasteiger partial charge >= 0.3 is 0 Å². The third-order valence-electron chi connectivity index (χ3n) is 17.8. The smallest absolute Gasteiger partial charge is 0.294 e. The number of hydrogen-bond acceptors (Lipinski definition) is 12. The molecule has 2 atom stereocenters. The molecule has 3 aromatic heterocycles. The first-order valence-electron chi connectivity index (χ1n) is 31.0. The molecule has 3 aromatic carbocycles. The van der Waals surface area contributed by atoms with Gasteiger partial charge in [-0.2, -0.15) is 0 Å². The molecule has 6 aromatic rings. The van der Waals surface area contributed by atoms with Crippen molar-refractivity contribution < 1.29 is 61.1 Å². The summed E-state index contributed by atoms with van der Waals surface area (Å²) < 4.78 is 45.2. The maximum absolute atomic E-state index is 13.6. The van der Waals surface area contributed by atoms with Gasteiger partial charge in [0.05, 0.1) is 39.8 Å². The Labute approximate surface area is 555 Å². The molecule has 3 fully saturated rings. The Morgan fingerprint density at radius 1 is 0.521 bits per heavy atom. The molecule has 1 unspecified atom stereocenters. The van der Waals surface area contributed by atoms with Crippen molar-refractivity contribution in [2.75, 3.05) is 35.6 Å². The molecule has 25 heteroatoms. The largest absolute Gasteiger partial charge is 0.387 e. The Morgan fingerprint density at radius 2 is 0.865 bits per heavy atom. The van der Waals surface area contributed by atoms with Crippen LogP contribution in [0.15, 0.2) is 91.4 Å². The van der Waals surface area contributed by atoms with Gasteiger partial charge in [-0.1, -0.05) is 19.7 Å². The third kappa shape index (κ3) is 16.3. The fourth-order valence-corrected chi connectivity index (χ4v) is 12.1. The molecule has 0 saturated carbocycles. The van der Waals surface area contributed by atoms with Crippen molar-refractivity contribution in [3.8, 4) is 0 Å². The number of benzene rings is 3. The Bertz CT molecular complexity index is 4240. The van der Waals surface area contributed by atoms with E-state index in [-0.39, 0.29) is 58.5 Å². The first kappa shape index (κ1) is 72.8. The average molecular weight is 1320 g/mol. The van der Waals surface area contributed by atoms with E-state index in [2.05, 4.69) is 67.2 Å². The third-order valence-corrected chi connectivity index (χ3v) is 17.8. The second kappa shape index (κ2) is 29.8. The van der Waals surface area contributed by atoms with Gasteiger partial charge in [0.2, 0.25) is 5.91 Å². The lowest BCUT2D eigenvalue weighted by Gasteiger charge is -2.40. The molecule has 0 aliphatic carbocycles. The van der Waals surface area contributed by atoms with Crippen LogP contribution in [0, 0.1) is 79.8 Å². The molecular formula is C71H83F3N12O10. The zero-order valence-corrected chi connectivity index (χ0v) is 56.6. The van der Waals surface area contributed by atoms with Crippen LogP contribution >= 0.6 is 0 Å². The van der Waals surface area contributed by atoms with Crippen LogP contribution in [0.3, 0.4) is 0 Å². The van der Waals surface area contributed by atoms with E-state index in [1.807, 2.05) is 13.8 Å². The van der Waals surface area contributed by atoms with Crippen molar-refractivity contribution in [2.24, 2.45) is 21.1 Å². The number of amides is 7. The molecule has 3 aliphatic rings. The van der Waals surface area contributed by atoms with E-state index in [1.165, 1.54) is 53.1 Å². The summed E-state index contributed by atoms with van der Waals surface area (Å²) in [5.74, 6) is -7.15. The second-order valence-corrected chi connectivity index (χ2v) is 25.0. The number of Topliss-reactive ketones (excluding diaryl/α,β-unsaturated/α-hetero) is 3. The number of hydrogen-bond donors (Lipinski definition) is 8. The molecule has 3 saturated heterocycles. The fraction of sp³-hybridized carbons (Fsp3) is 0.352. The first-order valence-corrected chi connectivity index (χ1v) is 31.0. The number of piperidine rings is 2. The Morgan fingerprint density at radius 3 is 1.19 bits per heavy atom. The molecule has 3 aliphatic heterocycles. The van der Waals surface area contributed by atoms with Gasteiger partial charge in [0.15, 0.2) is 0 Å². The van der Waals surface area contributed by atoms with Crippen molar-refractivity contribution in [3.05, 3.63) is 193 Å². The van der Waals surface area contributed by atoms with Gasteiger partial charge in [0.1, 0.15) is 17.5 Å². The Balaban J connectivity index is 0.000000204. The van der Waals surface area contributed by atoms with Crippen LogP contribution in [-0.2, 0) is 40.3 Å². The van der Waals surface area contributed by atoms with E-state index in [9.17, 15) is 61.1 Å². The maximum atomic E-state index is 13.6. The van der Waals surface area contributed by atoms with Crippen LogP contribution in [0.2, 0.25) is 0 Å². The molecule has 0 radical (unpaired) electrons. The lowest BCUT2D eigenvalue weighted by atomic mass is 9.89. The van der Waals surface area contributed by atoms with Crippen LogP contribution in [0.1, 0.15) is 159 Å². The summed E-state index contributed by atoms with van der Waals surface area (Å²) >= 11 is 0. The zero-order valence-electron chi connectivity index (χ0n) is 56.6. The summed E-state index contributed by atoms with van der Waals surface area (Å²) in [6.45, 7) is 32.2. The highest BCUT2D eigenvalue weighted by molar-refractivity contribution is 6.44. The molecule has 96 heavy (non-hydrogen) atoms. The summed E-state index contributed by atoms with van der Waals surface area (Å²) in [4.78, 5) is 130. The molecule has 0 spiro atoms. The summed E-state index contributed by atoms with van der Waals surface area (Å²) in [6, 6.07) is 12.1. The highest BCUT2D eigenvalue weighted by atomic mass is 19.1. The molecule has 9 rings (SSSR count). The number of aryl methyl sites for hydroxylation is 3. The highest BCUT2D eigenvalue weighted by Crippen LogP contribution is 2.30. The molecule has 6 heterocycles. The Kier molecular flexibility index (Phi) is 22.6. The topological polar surface area (TPSA) is 285 Å². The predicted molar refractivity (Wildman–Crippen MR) is 359 cm³/mol. The lowest BCUT2D eigenvalue weighted by Crippen LogP contribution is -2.54. The standard InChI is InChI=1S/C26H33FN4O3.C23H25FN4O4.C22H25FN4O3/c1-15(2)31-12-10-26(6,11-13-31)29-25(34)23(32)22-17(4)21(18(5)30(22)7)24(33)28-19-8-9-20(27)16(3)14-19;1-11-8-15(6-7-17(11)24)26-22(31)19-13(3)20(28(5)14(19)4)21(30)23(32)27-16-9-12(2)25-18(29)10-16;1-11-8-15(6-7-17(11)23)25-21(29)18-13(3)19(27(5)14(18)4)20(28)22(30)26-16-9-12(2)24-10-16/h8-9,14H,1,10-13H2,2-7H3,(H,28,33)(H,29,34);6-8,16H,2,9-10H2,1,3-5H3,(H,25,29)(H,26,31)(H,27,32);6-8,16,24H,2,9-10H2,1,3-5H3,(H,25,29)(H,26,30)/t;;16-/m..1/s1. The number of halogens is 3. The number of aromatic nitrogens is 3. The van der Waals surface area contributed by atoms with Gasteiger partial charge in [0.25, 0.3) is 52.8 Å². The van der Waals surface area contributed by atoms with Crippen molar-refractivity contribution in [1.82, 2.24) is 45.2 Å². The number of carbonyl (C=O) groups is 10. The van der Waals surface area contributed by atoms with Crippen LogP contribution in [0.4, 0.5) is 30.2 Å². The summed E-state index contributed by atoms with van der Waals surface area (Å²) in [6.07, 6.45) is 2.35. The number of carbonyl (C=O) groups excluding carboxylic acids is 10. The van der Waals surface area contributed by atoms with E-state index < -0.39 is 64.4 Å². The SMILES string of the molecule is C=C(C)N1CCC(C)(NC(=O)C(=O)c2c(C)c(C(=O)Nc3ccc(F)c(C)c3)c(C)n2C)CC1.C=C1CC(NC(=O)C(=O)c2c(C)c(C(=O)Nc3ccc(F)c(C)c3)c(C)n2C)CC(=O)N1.C=C1C[C@@H](NC(=O)C(=O)c2c(C)c(C(=O)Nc3ccc(F)c(C)c3)c(C)n2C)CN1. The maximum Gasteiger partial charge on any atom is 0.294 e. The minimum Gasteiger partial charge on any atom is -0.387 e. The molecule has 7 amide bonds. The molecule has 8 N–H and O–H groups in total. The second-order valence-electron chi connectivity index (χ2n) is 25.0. The van der Waals surface area contributed by atoms with E-state index in [0.29, 0.717) is 117 Å². The molecule has 0 bridgehead atoms. The van der Waals surface area contributed by atoms with Crippen molar-refractivity contribution in [3.63, 3.8) is 0 Å². The van der Waals surface area contributed by atoms with Crippen LogP contribution < -0.4 is 42.5 Å². The van der Waals surface area contributed by atoms with Gasteiger partial charge in [-0.25, -0.2) is 13.2 Å². The van der Waals surface area contributed by atoms with E-state index in [1.54, 1.807) is 98.7 Å². The average Bonchev–Trinajstić information content (AvgIpc) is 1.63. The number of nitrogens with one attached hydrogen (secondary N) is 8. The monoisotopic (exact) mass is 1320 g/mol. The minimum absolute atomic E-state index is 0.0495. The Hall–Kier alpha value is -10.6. The number of likely N-dealkylation sites (tertiary alicyclic amines) is 1. The predicted octanol–water partition coefficient (Wildman–Crippen LogP) is 8.98. The van der Waals surface area contributed by atoms with Gasteiger partial charge in [-0.15, -0.1) is 0 Å². The normalized spacial score (nSPS) is 15.5. The highest BCUT2D eigenvalue weighted by Gasteiger charge is 2.37. The van der Waals surface area contributed by atoms with Gasteiger partial charge in [-0.3, -0.25) is 47.9 Å². The van der Waals surface area contributed by atoms with Crippen molar-refractivity contribution in [1.29, 1.82) is 0 Å². The van der Waals surface area contributed by atoms with E-state index >= 15 is 0 Å². The molecular weight excluding hydrogens is 1240 g/mol. The number of rotatable bonds is 16. The summed E-state index contributed by atoms with van der Waals surface area (Å²) in [5, 5.41) is 22.0. The van der Waals surface area contributed by atoms with Crippen LogP contribution in [0.5, 0.6) is 0 Å². The number of nitrogens with zero attached hydrogens (tertiary/aromatic N) is 4. The molecule has 22 nitrogen and oxygen atoms in total. The summed E-state index contributed by atoms with van der Waals surface area (Å²) in [7, 11) is 4.90. The first-order chi connectivity index (χ1) is 44.9. The van der Waals surface area contributed by atoms with Gasteiger partial charge < -0.3 is 61.1 Å². The minimum atomic E-state index is -0.859. The van der Waals surface area contributed by atoms with Crippen LogP contribution in [0.25, 0.3) is 0 Å². The van der Waals surface area contributed by atoms with E-state index in [4.69, 9.17) is 0 Å². The van der Waals surface area contributed by atoms with E-state index in [0.717, 1.165) is 24.5 Å². The van der Waals surface area contributed by atoms with Crippen molar-refractivity contribution >= 4 is 75.8 Å². The van der Waals surface area contributed by atoms with Crippen molar-refractivity contribution in [2.45, 2.75) is 126 Å². The number of allylic oxidation sites excluding steroid dienone is 1. The molecule has 508 valence electrons. The number of anilines is 3. The quantitative estimate of drug-likeness (QED) is 0.0333. The fourth-order valence-electron chi connectivity index (χ4n) is 12.1. The number of ketones is 3. The van der Waals surface area contributed by atoms with Gasteiger partial charge in [-0.05, 0) is 177 Å². The summed E-state index contributed by atoms with van der Waals surface area (Å²) in [5.41, 5.74) is 8.43.